The Morgan fingerprint density at radius 3 is 2.55 bits per heavy atom. The van der Waals surface area contributed by atoms with E-state index < -0.39 is 16.8 Å². The molecule has 7 nitrogen and oxygen atoms in total. The van der Waals surface area contributed by atoms with E-state index in [0.717, 1.165) is 52.9 Å². The van der Waals surface area contributed by atoms with Gasteiger partial charge in [0.1, 0.15) is 17.4 Å². The molecule has 0 saturated heterocycles. The number of carbonyl (C=O) groups excluding carboxylic acids is 1. The predicted octanol–water partition coefficient (Wildman–Crippen LogP) is 5.05. The van der Waals surface area contributed by atoms with Crippen LogP contribution in [0.1, 0.15) is 55.6 Å². The Kier molecular flexibility index (Phi) is 6.64. The summed E-state index contributed by atoms with van der Waals surface area (Å²) in [5.41, 5.74) is 1.77. The largest absolute Gasteiger partial charge is 0.486 e. The molecule has 164 valence electrons. The highest BCUT2D eigenvalue weighted by atomic mass is 32.1. The molecule has 0 bridgehead atoms. The first-order chi connectivity index (χ1) is 15.0. The molecule has 0 aliphatic heterocycles. The highest BCUT2D eigenvalue weighted by Gasteiger charge is 2.50. The number of benzene rings is 2. The zero-order valence-electron chi connectivity index (χ0n) is 17.6. The topological polar surface area (TPSA) is 94.7 Å². The van der Waals surface area contributed by atoms with E-state index in [9.17, 15) is 10.0 Å². The van der Waals surface area contributed by atoms with E-state index in [1.165, 1.54) is 6.92 Å². The van der Waals surface area contributed by atoms with Crippen molar-refractivity contribution in [2.24, 2.45) is 11.8 Å². The number of hydrogen-bond donors (Lipinski definition) is 2. The molecule has 4 rings (SSSR count). The molecule has 1 aromatic heterocycles. The van der Waals surface area contributed by atoms with Crippen LogP contribution in [0.2, 0.25) is 0 Å². The van der Waals surface area contributed by atoms with E-state index in [2.05, 4.69) is 4.98 Å². The first kappa shape index (κ1) is 21.9. The van der Waals surface area contributed by atoms with Crippen molar-refractivity contribution < 1.29 is 24.5 Å². The lowest BCUT2D eigenvalue weighted by Gasteiger charge is -2.36. The maximum Gasteiger partial charge on any atom is 0.377 e. The van der Waals surface area contributed by atoms with E-state index in [0.29, 0.717) is 12.4 Å². The Balaban J connectivity index is 1.52. The van der Waals surface area contributed by atoms with Gasteiger partial charge >= 0.3 is 5.91 Å². The van der Waals surface area contributed by atoms with E-state index in [1.54, 1.807) is 11.3 Å². The third-order valence-electron chi connectivity index (χ3n) is 6.01. The normalized spacial score (nSPS) is 17.9. The number of carbonyl (C=O) groups is 1. The molecule has 2 aromatic carbocycles. The number of para-hydroxylation sites is 1. The molecule has 3 aromatic rings. The first-order valence-electron chi connectivity index (χ1n) is 10.6. The van der Waals surface area contributed by atoms with Crippen LogP contribution in [0.5, 0.6) is 5.75 Å². The minimum atomic E-state index is -1.25. The molecule has 1 saturated carbocycles. The van der Waals surface area contributed by atoms with Gasteiger partial charge in [0.05, 0.1) is 17.1 Å². The second-order valence-corrected chi connectivity index (χ2v) is 9.14. The highest BCUT2D eigenvalue weighted by molar-refractivity contribution is 7.18. The van der Waals surface area contributed by atoms with Crippen molar-refractivity contribution >= 4 is 27.5 Å². The quantitative estimate of drug-likeness (QED) is 0.302. The molecule has 1 aliphatic rings. The molecule has 1 amide bonds. The summed E-state index contributed by atoms with van der Waals surface area (Å²) < 4.78 is 7.05. The first-order valence-corrected chi connectivity index (χ1v) is 11.4. The van der Waals surface area contributed by atoms with Gasteiger partial charge in [-0.05, 0) is 49.2 Å². The third-order valence-corrected chi connectivity index (χ3v) is 7.02. The number of hydrogen-bond acceptors (Lipinski definition) is 7. The number of nitrogens with zero attached hydrogens (tertiary/aromatic N) is 2. The second kappa shape index (κ2) is 9.42. The number of thiazole rings is 1. The summed E-state index contributed by atoms with van der Waals surface area (Å²) in [5, 5.41) is 11.9. The Hall–Kier alpha value is -2.36. The maximum atomic E-state index is 12.2. The molecule has 8 heteroatoms. The van der Waals surface area contributed by atoms with Crippen LogP contribution in [0, 0.1) is 5.92 Å². The molecule has 2 unspecified atom stereocenters. The summed E-state index contributed by atoms with van der Waals surface area (Å²) in [6.45, 7) is 1.67. The van der Waals surface area contributed by atoms with Crippen LogP contribution in [0.15, 0.2) is 48.5 Å². The number of hydroxylamine groups is 4. The molecule has 1 aliphatic carbocycles. The van der Waals surface area contributed by atoms with Crippen molar-refractivity contribution in [3.05, 3.63) is 59.1 Å². The van der Waals surface area contributed by atoms with Crippen LogP contribution in [0.4, 0.5) is 0 Å². The fraction of sp³-hybridized carbons (Fsp3) is 0.391. The van der Waals surface area contributed by atoms with Crippen molar-refractivity contribution in [2.45, 2.75) is 51.7 Å². The zero-order chi connectivity index (χ0) is 21.8. The number of nitrogens with two attached hydrogens (primary N) is 1. The maximum absolute atomic E-state index is 12.2. The van der Waals surface area contributed by atoms with Crippen LogP contribution < -0.4 is 10.6 Å². The van der Waals surface area contributed by atoms with E-state index >= 15 is 0 Å². The van der Waals surface area contributed by atoms with Gasteiger partial charge < -0.3 is 4.74 Å². The standard InChI is InChI=1S/C23H28N3O4S/c1-16(27)26(28,30-24)23(17-7-3-2-4-8-17)18-11-13-19(14-12-18)29-15-22-25-20-9-5-6-10-21(20)31-22/h5-6,9-14,17,23,28H,2-4,7-8,15,24H2,1H3/q+1. The van der Waals surface area contributed by atoms with Gasteiger partial charge in [-0.3, -0.25) is 0 Å². The number of fused-ring (bicyclic) bond motifs is 1. The second-order valence-electron chi connectivity index (χ2n) is 8.02. The number of rotatable bonds is 7. The van der Waals surface area contributed by atoms with Gasteiger partial charge in [0.25, 0.3) is 0 Å². The SMILES string of the molecule is CC(=O)[N+](O)(ON)C(c1ccc(OCc2nc3ccccc3s2)cc1)C1CCCCC1. The minimum absolute atomic E-state index is 0.0979. The third kappa shape index (κ3) is 4.63. The van der Waals surface area contributed by atoms with Gasteiger partial charge in [-0.1, -0.05) is 36.3 Å². The molecular formula is C23H28N3O4S+. The lowest BCUT2D eigenvalue weighted by atomic mass is 9.80. The summed E-state index contributed by atoms with van der Waals surface area (Å²) in [6.07, 6.45) is 5.12. The summed E-state index contributed by atoms with van der Waals surface area (Å²) in [4.78, 5) is 20.4. The fourth-order valence-corrected chi connectivity index (χ4v) is 5.31. The van der Waals surface area contributed by atoms with Gasteiger partial charge in [0.15, 0.2) is 6.04 Å². The van der Waals surface area contributed by atoms with Gasteiger partial charge in [-0.2, -0.15) is 11.1 Å². The smallest absolute Gasteiger partial charge is 0.377 e. The average molecular weight is 443 g/mol. The lowest BCUT2D eigenvalue weighted by Crippen LogP contribution is -2.55. The van der Waals surface area contributed by atoms with E-state index in [4.69, 9.17) is 15.6 Å². The lowest BCUT2D eigenvalue weighted by molar-refractivity contribution is -1.21. The van der Waals surface area contributed by atoms with Gasteiger partial charge in [-0.25, -0.2) is 9.78 Å². The zero-order valence-corrected chi connectivity index (χ0v) is 18.4. The minimum Gasteiger partial charge on any atom is -0.486 e. The Labute approximate surface area is 185 Å². The van der Waals surface area contributed by atoms with Crippen molar-refractivity contribution in [1.82, 2.24) is 4.98 Å². The van der Waals surface area contributed by atoms with Gasteiger partial charge in [0, 0.05) is 16.3 Å². The Bertz CT molecular complexity index is 1000. The van der Waals surface area contributed by atoms with Gasteiger partial charge in [-0.15, -0.1) is 11.3 Å². The number of quaternary nitrogens is 1. The van der Waals surface area contributed by atoms with Crippen molar-refractivity contribution in [3.8, 4) is 5.75 Å². The molecular weight excluding hydrogens is 414 g/mol. The highest BCUT2D eigenvalue weighted by Crippen LogP contribution is 2.42. The van der Waals surface area contributed by atoms with E-state index in [1.807, 2.05) is 48.5 Å². The van der Waals surface area contributed by atoms with Crippen LogP contribution >= 0.6 is 11.3 Å². The molecule has 0 spiro atoms. The molecule has 0 radical (unpaired) electrons. The van der Waals surface area contributed by atoms with Crippen molar-refractivity contribution in [3.63, 3.8) is 0 Å². The van der Waals surface area contributed by atoms with Gasteiger partial charge in [0.2, 0.25) is 0 Å². The monoisotopic (exact) mass is 442 g/mol. The van der Waals surface area contributed by atoms with Crippen LogP contribution in [-0.2, 0) is 16.3 Å². The van der Waals surface area contributed by atoms with E-state index in [-0.39, 0.29) is 5.92 Å². The molecule has 3 N–H and O–H groups in total. The summed E-state index contributed by atoms with van der Waals surface area (Å²) in [5.74, 6) is 5.64. The molecule has 1 heterocycles. The summed E-state index contributed by atoms with van der Waals surface area (Å²) in [7, 11) is 0. The van der Waals surface area contributed by atoms with Crippen LogP contribution in [-0.4, -0.2) is 20.9 Å². The van der Waals surface area contributed by atoms with Crippen molar-refractivity contribution in [1.29, 1.82) is 0 Å². The number of ether oxygens (including phenoxy) is 1. The number of aromatic nitrogens is 1. The molecule has 31 heavy (non-hydrogen) atoms. The summed E-state index contributed by atoms with van der Waals surface area (Å²) in [6, 6.07) is 14.9. The fourth-order valence-electron chi connectivity index (χ4n) is 4.43. The summed E-state index contributed by atoms with van der Waals surface area (Å²) >= 11 is 1.61. The van der Waals surface area contributed by atoms with Crippen LogP contribution in [0.25, 0.3) is 10.2 Å². The van der Waals surface area contributed by atoms with Crippen LogP contribution in [0.3, 0.4) is 0 Å². The van der Waals surface area contributed by atoms with Crippen molar-refractivity contribution in [2.75, 3.05) is 0 Å². The molecule has 2 atom stereocenters. The average Bonchev–Trinajstić information content (AvgIpc) is 3.22. The molecule has 1 fully saturated rings. The Morgan fingerprint density at radius 2 is 1.90 bits per heavy atom. The Morgan fingerprint density at radius 1 is 1.19 bits per heavy atom. The predicted molar refractivity (Wildman–Crippen MR) is 118 cm³/mol. The number of amides is 1.